The number of aryl methyl sites for hydroxylation is 1. The fraction of sp³-hybridized carbons (Fsp3) is 0.593. The Balaban J connectivity index is 1.45. The van der Waals surface area contributed by atoms with Gasteiger partial charge in [-0.1, -0.05) is 23.7 Å². The van der Waals surface area contributed by atoms with Crippen molar-refractivity contribution in [2.24, 2.45) is 0 Å². The van der Waals surface area contributed by atoms with Crippen molar-refractivity contribution in [2.75, 3.05) is 26.2 Å². The smallest absolute Gasteiger partial charge is 0.410 e. The Morgan fingerprint density at radius 2 is 2.00 bits per heavy atom. The molecule has 2 aliphatic rings. The molecule has 1 aliphatic carbocycles. The van der Waals surface area contributed by atoms with E-state index in [4.69, 9.17) is 21.1 Å². The van der Waals surface area contributed by atoms with Crippen LogP contribution >= 0.6 is 11.6 Å². The van der Waals surface area contributed by atoms with Crippen LogP contribution in [0.25, 0.3) is 10.9 Å². The predicted octanol–water partition coefficient (Wildman–Crippen LogP) is 3.95. The zero-order chi connectivity index (χ0) is 26.7. The van der Waals surface area contributed by atoms with Crippen molar-refractivity contribution >= 4 is 40.4 Å². The molecule has 1 aromatic carbocycles. The molecule has 10 heteroatoms. The second-order valence-corrected chi connectivity index (χ2v) is 11.2. The lowest BCUT2D eigenvalue weighted by Crippen LogP contribution is -2.53. The highest BCUT2D eigenvalue weighted by molar-refractivity contribution is 6.35. The van der Waals surface area contributed by atoms with E-state index < -0.39 is 17.8 Å². The van der Waals surface area contributed by atoms with Gasteiger partial charge in [-0.05, 0) is 51.7 Å². The van der Waals surface area contributed by atoms with E-state index in [2.05, 4.69) is 16.0 Å². The van der Waals surface area contributed by atoms with Gasteiger partial charge in [-0.25, -0.2) is 4.79 Å². The summed E-state index contributed by atoms with van der Waals surface area (Å²) in [5, 5.41) is 4.45. The molecule has 1 atom stereocenters. The largest absolute Gasteiger partial charge is 0.444 e. The fourth-order valence-electron chi connectivity index (χ4n) is 4.54. The van der Waals surface area contributed by atoms with Crippen molar-refractivity contribution in [1.82, 2.24) is 19.7 Å². The Morgan fingerprint density at radius 1 is 1.24 bits per heavy atom. The lowest BCUT2D eigenvalue weighted by Gasteiger charge is -2.36. The SMILES string of the molecule is CC(=O)NCCCn1cc(Cl)c2ccc(CN(C(=O)C3CN(C(=O)OC(C)(C)C)CCO3)C3CC3)cc21. The highest BCUT2D eigenvalue weighted by atomic mass is 35.5. The molecular formula is C27H37ClN4O5. The van der Waals surface area contributed by atoms with Gasteiger partial charge in [0.2, 0.25) is 5.91 Å². The Labute approximate surface area is 223 Å². The summed E-state index contributed by atoms with van der Waals surface area (Å²) in [4.78, 5) is 40.7. The molecule has 37 heavy (non-hydrogen) atoms. The van der Waals surface area contributed by atoms with Gasteiger partial charge >= 0.3 is 6.09 Å². The molecule has 2 aromatic rings. The maximum absolute atomic E-state index is 13.6. The van der Waals surface area contributed by atoms with Gasteiger partial charge in [-0.2, -0.15) is 0 Å². The average Bonchev–Trinajstić information content (AvgIpc) is 3.63. The van der Waals surface area contributed by atoms with Crippen LogP contribution in [0, 0.1) is 0 Å². The Bertz CT molecular complexity index is 1150. The maximum atomic E-state index is 13.6. The molecule has 2 heterocycles. The second-order valence-electron chi connectivity index (χ2n) is 10.8. The molecule has 202 valence electrons. The van der Waals surface area contributed by atoms with Crippen LogP contribution in [-0.2, 0) is 32.2 Å². The van der Waals surface area contributed by atoms with Gasteiger partial charge in [-0.15, -0.1) is 0 Å². The quantitative estimate of drug-likeness (QED) is 0.520. The van der Waals surface area contributed by atoms with Crippen LogP contribution in [0.5, 0.6) is 0 Å². The number of benzene rings is 1. The molecule has 3 amide bonds. The van der Waals surface area contributed by atoms with E-state index >= 15 is 0 Å². The van der Waals surface area contributed by atoms with Gasteiger partial charge in [0.15, 0.2) is 6.10 Å². The number of halogens is 1. The van der Waals surface area contributed by atoms with Crippen molar-refractivity contribution in [3.05, 3.63) is 35.0 Å². The van der Waals surface area contributed by atoms with Crippen LogP contribution in [0.1, 0.15) is 52.5 Å². The van der Waals surface area contributed by atoms with Crippen LogP contribution in [0.3, 0.4) is 0 Å². The number of nitrogens with zero attached hydrogens (tertiary/aromatic N) is 3. The third-order valence-electron chi connectivity index (χ3n) is 6.47. The molecule has 1 aromatic heterocycles. The monoisotopic (exact) mass is 532 g/mol. The van der Waals surface area contributed by atoms with E-state index in [0.717, 1.165) is 35.7 Å². The number of amides is 3. The minimum atomic E-state index is -0.710. The fourth-order valence-corrected chi connectivity index (χ4v) is 4.81. The van der Waals surface area contributed by atoms with Crippen LogP contribution in [0.2, 0.25) is 5.02 Å². The third kappa shape index (κ3) is 7.17. The predicted molar refractivity (Wildman–Crippen MR) is 141 cm³/mol. The summed E-state index contributed by atoms with van der Waals surface area (Å²) in [6.07, 6.45) is 3.48. The number of morpholine rings is 1. The number of rotatable bonds is 8. The van der Waals surface area contributed by atoms with Crippen LogP contribution < -0.4 is 5.32 Å². The number of aromatic nitrogens is 1. The minimum Gasteiger partial charge on any atom is -0.444 e. The number of ether oxygens (including phenoxy) is 2. The normalized spacial score (nSPS) is 18.1. The molecule has 0 radical (unpaired) electrons. The lowest BCUT2D eigenvalue weighted by atomic mass is 10.1. The van der Waals surface area contributed by atoms with Gasteiger partial charge in [0.05, 0.1) is 18.2 Å². The van der Waals surface area contributed by atoms with Crippen molar-refractivity contribution < 1.29 is 23.9 Å². The number of nitrogens with one attached hydrogen (secondary N) is 1. The molecule has 9 nitrogen and oxygen atoms in total. The number of fused-ring (bicyclic) bond motifs is 1. The topological polar surface area (TPSA) is 93.1 Å². The average molecular weight is 533 g/mol. The highest BCUT2D eigenvalue weighted by Gasteiger charge is 2.39. The lowest BCUT2D eigenvalue weighted by molar-refractivity contribution is -0.150. The summed E-state index contributed by atoms with van der Waals surface area (Å²) in [5.74, 6) is -0.141. The van der Waals surface area contributed by atoms with Crippen LogP contribution in [0.4, 0.5) is 4.79 Å². The number of hydrogen-bond acceptors (Lipinski definition) is 5. The molecule has 1 N–H and O–H groups in total. The van der Waals surface area contributed by atoms with Crippen molar-refractivity contribution in [1.29, 1.82) is 0 Å². The first kappa shape index (κ1) is 27.3. The standard InChI is InChI=1S/C27H37ClN4O5/c1-18(33)29-10-5-11-30-16-22(28)21-9-6-19(14-23(21)30)15-32(20-7-8-20)25(34)24-17-31(12-13-36-24)26(35)37-27(2,3)4/h6,9,14,16,20,24H,5,7-8,10-13,15,17H2,1-4H3,(H,29,33). The van der Waals surface area contributed by atoms with E-state index in [1.165, 1.54) is 6.92 Å². The summed E-state index contributed by atoms with van der Waals surface area (Å²) in [6.45, 7) is 9.64. The van der Waals surface area contributed by atoms with E-state index in [-0.39, 0.29) is 24.4 Å². The van der Waals surface area contributed by atoms with E-state index in [1.54, 1.807) is 4.90 Å². The van der Waals surface area contributed by atoms with Crippen LogP contribution in [-0.4, -0.2) is 76.3 Å². The Hall–Kier alpha value is -2.78. The number of hydrogen-bond donors (Lipinski definition) is 1. The third-order valence-corrected chi connectivity index (χ3v) is 6.77. The summed E-state index contributed by atoms with van der Waals surface area (Å²) >= 11 is 6.48. The molecule has 1 aliphatic heterocycles. The molecule has 1 saturated carbocycles. The molecule has 0 spiro atoms. The van der Waals surface area contributed by atoms with Crippen molar-refractivity contribution in [3.63, 3.8) is 0 Å². The first-order chi connectivity index (χ1) is 17.5. The highest BCUT2D eigenvalue weighted by Crippen LogP contribution is 2.32. The molecule has 0 bridgehead atoms. The first-order valence-corrected chi connectivity index (χ1v) is 13.3. The van der Waals surface area contributed by atoms with E-state index in [0.29, 0.717) is 37.8 Å². The zero-order valence-electron chi connectivity index (χ0n) is 22.1. The van der Waals surface area contributed by atoms with Crippen molar-refractivity contribution in [3.8, 4) is 0 Å². The zero-order valence-corrected chi connectivity index (χ0v) is 22.8. The second kappa shape index (κ2) is 11.3. The summed E-state index contributed by atoms with van der Waals surface area (Å²) in [6, 6.07) is 6.26. The summed E-state index contributed by atoms with van der Waals surface area (Å²) < 4.78 is 13.4. The molecular weight excluding hydrogens is 496 g/mol. The van der Waals surface area contributed by atoms with Gasteiger partial charge in [0.1, 0.15) is 5.60 Å². The Morgan fingerprint density at radius 3 is 2.68 bits per heavy atom. The first-order valence-electron chi connectivity index (χ1n) is 12.9. The molecule has 4 rings (SSSR count). The molecule has 1 unspecified atom stereocenters. The van der Waals surface area contributed by atoms with E-state index in [1.807, 2.05) is 44.0 Å². The van der Waals surface area contributed by atoms with Gasteiger partial charge in [0, 0.05) is 56.2 Å². The molecule has 1 saturated heterocycles. The summed E-state index contributed by atoms with van der Waals surface area (Å²) in [7, 11) is 0. The molecule has 2 fully saturated rings. The van der Waals surface area contributed by atoms with Gasteiger partial charge in [0.25, 0.3) is 5.91 Å². The van der Waals surface area contributed by atoms with Crippen LogP contribution in [0.15, 0.2) is 24.4 Å². The van der Waals surface area contributed by atoms with Gasteiger partial charge < -0.3 is 29.2 Å². The number of carbonyl (C=O) groups excluding carboxylic acids is 3. The Kier molecular flexibility index (Phi) is 8.33. The minimum absolute atomic E-state index is 0.0429. The maximum Gasteiger partial charge on any atom is 0.410 e. The number of carbonyl (C=O) groups is 3. The van der Waals surface area contributed by atoms with Gasteiger partial charge in [-0.3, -0.25) is 9.59 Å². The van der Waals surface area contributed by atoms with Crippen molar-refractivity contribution in [2.45, 2.75) is 77.8 Å². The van der Waals surface area contributed by atoms with E-state index in [9.17, 15) is 14.4 Å². The summed E-state index contributed by atoms with van der Waals surface area (Å²) in [5.41, 5.74) is 1.40.